The van der Waals surface area contributed by atoms with Gasteiger partial charge in [0, 0.05) is 27.6 Å². The van der Waals surface area contributed by atoms with Gasteiger partial charge in [0.25, 0.3) is 0 Å². The van der Waals surface area contributed by atoms with Crippen LogP contribution in [0.2, 0.25) is 0 Å². The highest BCUT2D eigenvalue weighted by Gasteiger charge is 2.62. The summed E-state index contributed by atoms with van der Waals surface area (Å²) in [6, 6.07) is 50.6. The molecule has 6 fully saturated rings. The number of hydrogen-bond acceptors (Lipinski definition) is 1. The van der Waals surface area contributed by atoms with Crippen LogP contribution >= 0.6 is 0 Å². The third-order valence-corrected chi connectivity index (χ3v) is 17.4. The Morgan fingerprint density at radius 1 is 0.482 bits per heavy atom. The minimum Gasteiger partial charge on any atom is -0.310 e. The van der Waals surface area contributed by atoms with Crippen LogP contribution in [0.15, 0.2) is 127 Å². The van der Waals surface area contributed by atoms with Crippen LogP contribution < -0.4 is 4.90 Å². The van der Waals surface area contributed by atoms with Gasteiger partial charge < -0.3 is 4.90 Å². The van der Waals surface area contributed by atoms with Gasteiger partial charge in [-0.05, 0) is 179 Å². The van der Waals surface area contributed by atoms with E-state index in [1.807, 2.05) is 0 Å². The highest BCUT2D eigenvalue weighted by atomic mass is 15.1. The summed E-state index contributed by atoms with van der Waals surface area (Å²) in [5.41, 5.74) is 16.7. The first kappa shape index (κ1) is 32.5. The topological polar surface area (TPSA) is 3.24 Å². The summed E-state index contributed by atoms with van der Waals surface area (Å²) in [4.78, 5) is 2.65. The molecule has 6 aromatic rings. The molecule has 6 bridgehead atoms. The Balaban J connectivity index is 1.03. The van der Waals surface area contributed by atoms with Gasteiger partial charge in [-0.15, -0.1) is 0 Å². The molecule has 56 heavy (non-hydrogen) atoms. The lowest BCUT2D eigenvalue weighted by atomic mass is 9.43. The first-order valence-electron chi connectivity index (χ1n) is 22.4. The van der Waals surface area contributed by atoms with Gasteiger partial charge >= 0.3 is 0 Å². The van der Waals surface area contributed by atoms with Gasteiger partial charge in [-0.2, -0.15) is 0 Å². The molecule has 2 atom stereocenters. The van der Waals surface area contributed by atoms with Gasteiger partial charge in [0.15, 0.2) is 0 Å². The Kier molecular flexibility index (Phi) is 6.79. The summed E-state index contributed by atoms with van der Waals surface area (Å²) in [5, 5.41) is 2.61. The highest BCUT2D eigenvalue weighted by molar-refractivity contribution is 6.00. The monoisotopic (exact) mass is 727 g/mol. The lowest BCUT2D eigenvalue weighted by molar-refractivity contribution is -0.0399. The molecule has 1 nitrogen and oxygen atoms in total. The fourth-order valence-electron chi connectivity index (χ4n) is 15.7. The van der Waals surface area contributed by atoms with Crippen LogP contribution in [0.25, 0.3) is 33.0 Å². The molecule has 1 heteroatoms. The number of benzene rings is 6. The van der Waals surface area contributed by atoms with E-state index in [1.54, 1.807) is 22.3 Å². The summed E-state index contributed by atoms with van der Waals surface area (Å²) in [6.45, 7) is 2.44. The zero-order valence-corrected chi connectivity index (χ0v) is 32.9. The van der Waals surface area contributed by atoms with Crippen molar-refractivity contribution in [2.24, 2.45) is 41.4 Å². The van der Waals surface area contributed by atoms with Gasteiger partial charge in [0.2, 0.25) is 0 Å². The largest absolute Gasteiger partial charge is 0.310 e. The van der Waals surface area contributed by atoms with E-state index in [0.29, 0.717) is 0 Å². The maximum Gasteiger partial charge on any atom is 0.0540 e. The van der Waals surface area contributed by atoms with Crippen LogP contribution in [0, 0.1) is 41.4 Å². The molecule has 0 heterocycles. The van der Waals surface area contributed by atoms with E-state index in [2.05, 4.69) is 139 Å². The molecule has 0 amide bonds. The summed E-state index contributed by atoms with van der Waals surface area (Å²) in [6.07, 6.45) is 15.3. The van der Waals surface area contributed by atoms with E-state index in [-0.39, 0.29) is 10.8 Å². The Bertz CT molecular complexity index is 2530. The van der Waals surface area contributed by atoms with Gasteiger partial charge in [0.05, 0.1) is 5.69 Å². The summed E-state index contributed by atoms with van der Waals surface area (Å²) >= 11 is 0. The average Bonchev–Trinajstić information content (AvgIpc) is 3.67. The quantitative estimate of drug-likeness (QED) is 0.175. The molecule has 0 N–H and O–H groups in total. The maximum atomic E-state index is 2.69. The fourth-order valence-corrected chi connectivity index (χ4v) is 15.7. The standard InChI is InChI=1S/C55H53N/c1-2-34-26-38-13-10-14-39(27-34)54(38)50-19-8-6-17-46(50)48-32-42(22-24-51(48)54)56(53-20-9-12-37-11-3-4-15-44(37)53)43-21-23-47-45-16-5-7-18-49(45)55(52(47)33-43)40-28-35-25-36(30-40)31-41(55)29-35/h3-9,11-12,15-24,32-36,38-41H,2,10,13-14,25-31H2,1H3. The number of fused-ring (bicyclic) bond motifs is 7. The third kappa shape index (κ3) is 4.08. The van der Waals surface area contributed by atoms with Crippen molar-refractivity contribution < 1.29 is 0 Å². The van der Waals surface area contributed by atoms with Gasteiger partial charge in [0.1, 0.15) is 0 Å². The van der Waals surface area contributed by atoms with Crippen molar-refractivity contribution in [3.63, 3.8) is 0 Å². The average molecular weight is 728 g/mol. The maximum absolute atomic E-state index is 2.69. The number of hydrogen-bond donors (Lipinski definition) is 0. The second kappa shape index (κ2) is 11.7. The van der Waals surface area contributed by atoms with E-state index in [1.165, 1.54) is 121 Å². The molecule has 0 aliphatic heterocycles. The van der Waals surface area contributed by atoms with Crippen LogP contribution in [-0.4, -0.2) is 0 Å². The third-order valence-electron chi connectivity index (χ3n) is 17.4. The molecule has 0 saturated heterocycles. The molecular formula is C55H53N. The predicted molar refractivity (Wildman–Crippen MR) is 232 cm³/mol. The molecule has 8 aliphatic carbocycles. The summed E-state index contributed by atoms with van der Waals surface area (Å²) in [7, 11) is 0. The minimum atomic E-state index is 0.137. The summed E-state index contributed by atoms with van der Waals surface area (Å²) < 4.78 is 0. The molecule has 6 saturated carbocycles. The number of rotatable bonds is 4. The Morgan fingerprint density at radius 2 is 1.05 bits per heavy atom. The predicted octanol–water partition coefficient (Wildman–Crippen LogP) is 14.5. The van der Waals surface area contributed by atoms with Crippen LogP contribution in [0.1, 0.15) is 99.8 Å². The first-order chi connectivity index (χ1) is 27.7. The molecule has 2 unspecified atom stereocenters. The van der Waals surface area contributed by atoms with E-state index in [0.717, 1.165) is 41.4 Å². The second-order valence-electron chi connectivity index (χ2n) is 19.5. The van der Waals surface area contributed by atoms with E-state index < -0.39 is 0 Å². The van der Waals surface area contributed by atoms with Gasteiger partial charge in [-0.3, -0.25) is 0 Å². The van der Waals surface area contributed by atoms with Crippen LogP contribution in [0.3, 0.4) is 0 Å². The Hall–Kier alpha value is -4.62. The Morgan fingerprint density at radius 3 is 1.79 bits per heavy atom. The van der Waals surface area contributed by atoms with E-state index >= 15 is 0 Å². The lowest BCUT2D eigenvalue weighted by Crippen LogP contribution is -2.55. The molecule has 14 rings (SSSR count). The van der Waals surface area contributed by atoms with Crippen molar-refractivity contribution in [2.75, 3.05) is 4.90 Å². The number of nitrogens with zero attached hydrogens (tertiary/aromatic N) is 1. The number of anilines is 3. The lowest BCUT2D eigenvalue weighted by Gasteiger charge is -2.61. The van der Waals surface area contributed by atoms with Crippen molar-refractivity contribution >= 4 is 27.8 Å². The fraction of sp³-hybridized carbons (Fsp3) is 0.382. The molecule has 6 aromatic carbocycles. The smallest absolute Gasteiger partial charge is 0.0540 e. The molecule has 0 radical (unpaired) electrons. The van der Waals surface area contributed by atoms with Crippen molar-refractivity contribution in [3.05, 3.63) is 150 Å². The van der Waals surface area contributed by atoms with Crippen molar-refractivity contribution in [2.45, 2.75) is 88.4 Å². The molecule has 8 aliphatic rings. The van der Waals surface area contributed by atoms with Crippen molar-refractivity contribution in [1.82, 2.24) is 0 Å². The normalized spacial score (nSPS) is 32.4. The molecular weight excluding hydrogens is 675 g/mol. The minimum absolute atomic E-state index is 0.137. The molecule has 278 valence electrons. The SMILES string of the molecule is CCC1CC2CCCC(C1)C21c2ccccc2-c2cc(N(c3ccc4c(c3)C3(c5ccccc5-4)C4CC5CC(C4)CC3C5)c3cccc4ccccc34)ccc21. The Labute approximate surface area is 333 Å². The van der Waals surface area contributed by atoms with E-state index in [4.69, 9.17) is 0 Å². The molecule has 2 spiro atoms. The van der Waals surface area contributed by atoms with Gasteiger partial charge in [-0.1, -0.05) is 117 Å². The summed E-state index contributed by atoms with van der Waals surface area (Å²) in [5.74, 6) is 5.70. The van der Waals surface area contributed by atoms with Crippen LogP contribution in [0.4, 0.5) is 17.1 Å². The highest BCUT2D eigenvalue weighted by Crippen LogP contribution is 2.70. The van der Waals surface area contributed by atoms with Gasteiger partial charge in [-0.25, -0.2) is 0 Å². The first-order valence-corrected chi connectivity index (χ1v) is 22.4. The second-order valence-corrected chi connectivity index (χ2v) is 19.5. The van der Waals surface area contributed by atoms with Crippen LogP contribution in [-0.2, 0) is 10.8 Å². The zero-order chi connectivity index (χ0) is 36.8. The zero-order valence-electron chi connectivity index (χ0n) is 32.9. The van der Waals surface area contributed by atoms with Crippen LogP contribution in [0.5, 0.6) is 0 Å². The van der Waals surface area contributed by atoms with E-state index in [9.17, 15) is 0 Å². The molecule has 0 aromatic heterocycles. The van der Waals surface area contributed by atoms with Crippen molar-refractivity contribution in [1.29, 1.82) is 0 Å². The van der Waals surface area contributed by atoms with Crippen molar-refractivity contribution in [3.8, 4) is 22.3 Å².